The Bertz CT molecular complexity index is 1220. The van der Waals surface area contributed by atoms with E-state index in [-0.39, 0.29) is 30.1 Å². The Balaban J connectivity index is 1.31. The molecule has 4 rings (SSSR count). The Morgan fingerprint density at radius 3 is 2.51 bits per heavy atom. The van der Waals surface area contributed by atoms with E-state index in [0.29, 0.717) is 11.6 Å². The fourth-order valence-corrected chi connectivity index (χ4v) is 3.95. The van der Waals surface area contributed by atoms with Gasteiger partial charge in [-0.15, -0.1) is 0 Å². The zero-order valence-corrected chi connectivity index (χ0v) is 20.8. The zero-order chi connectivity index (χ0) is 26.2. The van der Waals surface area contributed by atoms with Crippen LogP contribution in [0.25, 0.3) is 0 Å². The molecule has 9 nitrogen and oxygen atoms in total. The van der Waals surface area contributed by atoms with Gasteiger partial charge in [-0.05, 0) is 56.7 Å². The van der Waals surface area contributed by atoms with Crippen molar-refractivity contribution in [3.05, 3.63) is 78.2 Å². The van der Waals surface area contributed by atoms with Gasteiger partial charge < -0.3 is 19.3 Å². The Hall–Kier alpha value is -4.18. The predicted octanol–water partition coefficient (Wildman–Crippen LogP) is 5.32. The number of nitrogens with one attached hydrogen (secondary N) is 2. The number of pyridine rings is 1. The van der Waals surface area contributed by atoms with Crippen molar-refractivity contribution in [1.29, 1.82) is 0 Å². The molecule has 3 amide bonds. The molecular weight excluding hydrogens is 477 g/mol. The lowest BCUT2D eigenvalue weighted by Crippen LogP contribution is -2.46. The van der Waals surface area contributed by atoms with Crippen molar-refractivity contribution in [1.82, 2.24) is 14.8 Å². The van der Waals surface area contributed by atoms with E-state index in [2.05, 4.69) is 27.6 Å². The molecule has 0 atom stereocenters. The van der Waals surface area contributed by atoms with Crippen LogP contribution in [-0.2, 0) is 11.3 Å². The molecule has 0 spiro atoms. The molecule has 1 saturated heterocycles. The van der Waals surface area contributed by atoms with Crippen LogP contribution in [0.15, 0.2) is 66.9 Å². The summed E-state index contributed by atoms with van der Waals surface area (Å²) in [5.41, 5.74) is 0.785. The molecule has 1 fully saturated rings. The van der Waals surface area contributed by atoms with E-state index in [0.717, 1.165) is 37.6 Å². The molecule has 1 aromatic heterocycles. The van der Waals surface area contributed by atoms with Crippen LogP contribution in [0.2, 0.25) is 0 Å². The molecule has 1 aliphatic heterocycles. The minimum absolute atomic E-state index is 0.0370. The number of carbonyl (C=O) groups is 2. The molecule has 10 heteroatoms. The predicted molar refractivity (Wildman–Crippen MR) is 138 cm³/mol. The van der Waals surface area contributed by atoms with Crippen LogP contribution in [0.3, 0.4) is 0 Å². The number of hydrogen-bond acceptors (Lipinski definition) is 6. The number of ether oxygens (including phenoxy) is 2. The van der Waals surface area contributed by atoms with E-state index in [1.165, 1.54) is 18.3 Å². The topological polar surface area (TPSA) is 96.0 Å². The maximum atomic E-state index is 14.6. The number of amides is 3. The summed E-state index contributed by atoms with van der Waals surface area (Å²) in [5, 5.41) is 5.17. The number of aromatic nitrogens is 1. The van der Waals surface area contributed by atoms with Gasteiger partial charge in [-0.3, -0.25) is 10.6 Å². The average molecular weight is 508 g/mol. The van der Waals surface area contributed by atoms with Gasteiger partial charge in [0.1, 0.15) is 23.9 Å². The fraction of sp³-hybridized carbons (Fsp3) is 0.296. The van der Waals surface area contributed by atoms with Crippen molar-refractivity contribution in [2.24, 2.45) is 0 Å². The van der Waals surface area contributed by atoms with Gasteiger partial charge in [0.25, 0.3) is 0 Å². The molecule has 0 aliphatic carbocycles. The Labute approximate surface area is 215 Å². The number of likely N-dealkylation sites (tertiary alicyclic amines) is 1. The van der Waals surface area contributed by atoms with E-state index >= 15 is 0 Å². The number of carbonyl (C=O) groups excluding carboxylic acids is 2. The second kappa shape index (κ2) is 12.2. The highest BCUT2D eigenvalue weighted by atomic mass is 19.1. The standard InChI is InChI=1S/C27H30FN5O4/c1-32-14-11-20(12-15-32)33(2)26(34)31-25-17-22(10-13-29-25)37-21-8-9-24(23(28)16-21)30-27(35)36-18-19-6-4-3-5-7-19/h3-10,13,16-17,20H,11-12,14-15,18H2,1-2H3,(H,30,35)(H,29,31,34). The molecule has 0 bridgehead atoms. The van der Waals surface area contributed by atoms with Gasteiger partial charge in [0, 0.05) is 31.4 Å². The first-order valence-corrected chi connectivity index (χ1v) is 12.0. The van der Waals surface area contributed by atoms with Gasteiger partial charge in [0.15, 0.2) is 5.82 Å². The molecule has 0 saturated carbocycles. The quantitative estimate of drug-likeness (QED) is 0.449. The van der Waals surface area contributed by atoms with Gasteiger partial charge in [-0.25, -0.2) is 19.0 Å². The highest BCUT2D eigenvalue weighted by Gasteiger charge is 2.24. The van der Waals surface area contributed by atoms with Crippen molar-refractivity contribution in [3.63, 3.8) is 0 Å². The third kappa shape index (κ3) is 7.40. The smallest absolute Gasteiger partial charge is 0.412 e. The first-order chi connectivity index (χ1) is 17.9. The number of piperidine rings is 1. The Kier molecular flexibility index (Phi) is 8.52. The second-order valence-electron chi connectivity index (χ2n) is 8.88. The van der Waals surface area contributed by atoms with Crippen LogP contribution in [0, 0.1) is 5.82 Å². The van der Waals surface area contributed by atoms with E-state index in [9.17, 15) is 14.0 Å². The maximum Gasteiger partial charge on any atom is 0.412 e. The third-order valence-electron chi connectivity index (χ3n) is 6.15. The van der Waals surface area contributed by atoms with Crippen molar-refractivity contribution < 1.29 is 23.5 Å². The summed E-state index contributed by atoms with van der Waals surface area (Å²) >= 11 is 0. The van der Waals surface area contributed by atoms with E-state index in [1.54, 1.807) is 24.1 Å². The second-order valence-corrected chi connectivity index (χ2v) is 8.88. The van der Waals surface area contributed by atoms with Gasteiger partial charge in [-0.1, -0.05) is 30.3 Å². The monoisotopic (exact) mass is 507 g/mol. The SMILES string of the molecule is CN1CCC(N(C)C(=O)Nc2cc(Oc3ccc(NC(=O)OCc4ccccc4)c(F)c3)ccn2)CC1. The number of halogens is 1. The summed E-state index contributed by atoms with van der Waals surface area (Å²) < 4.78 is 25.5. The van der Waals surface area contributed by atoms with Crippen LogP contribution >= 0.6 is 0 Å². The summed E-state index contributed by atoms with van der Waals surface area (Å²) in [5.74, 6) is 0.223. The highest BCUT2D eigenvalue weighted by molar-refractivity contribution is 5.88. The van der Waals surface area contributed by atoms with E-state index < -0.39 is 11.9 Å². The molecule has 3 aromatic rings. The first-order valence-electron chi connectivity index (χ1n) is 12.0. The van der Waals surface area contributed by atoms with Crippen molar-refractivity contribution in [2.45, 2.75) is 25.5 Å². The fourth-order valence-electron chi connectivity index (χ4n) is 3.95. The summed E-state index contributed by atoms with van der Waals surface area (Å²) in [4.78, 5) is 32.8. The van der Waals surface area contributed by atoms with Crippen LogP contribution in [0.4, 0.5) is 25.5 Å². The van der Waals surface area contributed by atoms with Gasteiger partial charge in [-0.2, -0.15) is 0 Å². The molecule has 37 heavy (non-hydrogen) atoms. The van der Waals surface area contributed by atoms with Crippen molar-refractivity contribution in [2.75, 3.05) is 37.8 Å². The summed E-state index contributed by atoms with van der Waals surface area (Å²) in [6, 6.07) is 16.3. The Morgan fingerprint density at radius 1 is 1.05 bits per heavy atom. The number of hydrogen-bond donors (Lipinski definition) is 2. The summed E-state index contributed by atoms with van der Waals surface area (Å²) in [6.45, 7) is 1.97. The normalized spacial score (nSPS) is 14.0. The first kappa shape index (κ1) is 25.9. The number of benzene rings is 2. The molecular formula is C27H30FN5O4. The number of anilines is 2. The largest absolute Gasteiger partial charge is 0.457 e. The average Bonchev–Trinajstić information content (AvgIpc) is 2.90. The van der Waals surface area contributed by atoms with Gasteiger partial charge >= 0.3 is 12.1 Å². The Morgan fingerprint density at radius 2 is 1.78 bits per heavy atom. The number of nitrogens with zero attached hydrogens (tertiary/aromatic N) is 3. The summed E-state index contributed by atoms with van der Waals surface area (Å²) in [7, 11) is 3.85. The van der Waals surface area contributed by atoms with Crippen LogP contribution in [0.5, 0.6) is 11.5 Å². The van der Waals surface area contributed by atoms with Crippen molar-refractivity contribution >= 4 is 23.6 Å². The zero-order valence-electron chi connectivity index (χ0n) is 20.8. The lowest BCUT2D eigenvalue weighted by atomic mass is 10.0. The van der Waals surface area contributed by atoms with Gasteiger partial charge in [0.05, 0.1) is 5.69 Å². The van der Waals surface area contributed by atoms with Crippen LogP contribution in [0.1, 0.15) is 18.4 Å². The molecule has 1 aliphatic rings. The number of urea groups is 1. The highest BCUT2D eigenvalue weighted by Crippen LogP contribution is 2.27. The molecule has 2 heterocycles. The third-order valence-corrected chi connectivity index (χ3v) is 6.15. The molecule has 2 N–H and O–H groups in total. The summed E-state index contributed by atoms with van der Waals surface area (Å²) in [6.07, 6.45) is 2.56. The van der Waals surface area contributed by atoms with Crippen LogP contribution < -0.4 is 15.4 Å². The minimum atomic E-state index is -0.767. The lowest BCUT2D eigenvalue weighted by Gasteiger charge is -2.34. The molecule has 194 valence electrons. The molecule has 0 radical (unpaired) electrons. The van der Waals surface area contributed by atoms with Crippen molar-refractivity contribution in [3.8, 4) is 11.5 Å². The maximum absolute atomic E-state index is 14.6. The van der Waals surface area contributed by atoms with Gasteiger partial charge in [0.2, 0.25) is 0 Å². The number of rotatable bonds is 7. The van der Waals surface area contributed by atoms with E-state index in [4.69, 9.17) is 9.47 Å². The molecule has 0 unspecified atom stereocenters. The van der Waals surface area contributed by atoms with E-state index in [1.807, 2.05) is 30.3 Å². The minimum Gasteiger partial charge on any atom is -0.457 e. The molecule has 2 aromatic carbocycles. The van der Waals surface area contributed by atoms with Crippen LogP contribution in [-0.4, -0.2) is 60.1 Å². The lowest BCUT2D eigenvalue weighted by molar-refractivity contribution is 0.155.